The molecule has 1 saturated carbocycles. The molecular formula is C21H20N2O3. The van der Waals surface area contributed by atoms with Crippen LogP contribution in [0.25, 0.3) is 11.1 Å². The highest BCUT2D eigenvalue weighted by Gasteiger charge is 2.43. The van der Waals surface area contributed by atoms with Crippen LogP contribution in [0.5, 0.6) is 5.75 Å². The average molecular weight is 348 g/mol. The molecule has 0 amide bonds. The Labute approximate surface area is 151 Å². The van der Waals surface area contributed by atoms with E-state index in [0.29, 0.717) is 13.0 Å². The number of ether oxygens (including phenoxy) is 1. The Bertz CT molecular complexity index is 887. The summed E-state index contributed by atoms with van der Waals surface area (Å²) in [6, 6.07) is 18.1. The van der Waals surface area contributed by atoms with E-state index in [-0.39, 0.29) is 11.8 Å². The Morgan fingerprint density at radius 3 is 2.58 bits per heavy atom. The summed E-state index contributed by atoms with van der Waals surface area (Å²) in [5, 5.41) is 13.3. The van der Waals surface area contributed by atoms with E-state index in [1.807, 2.05) is 59.5 Å². The van der Waals surface area contributed by atoms with Crippen LogP contribution in [0.3, 0.4) is 0 Å². The summed E-state index contributed by atoms with van der Waals surface area (Å²) in [7, 11) is 0. The van der Waals surface area contributed by atoms with Gasteiger partial charge >= 0.3 is 5.97 Å². The van der Waals surface area contributed by atoms with Crippen LogP contribution in [0, 0.1) is 11.8 Å². The summed E-state index contributed by atoms with van der Waals surface area (Å²) in [5.74, 6) is -0.0453. The molecule has 1 aliphatic carbocycles. The van der Waals surface area contributed by atoms with E-state index >= 15 is 0 Å². The van der Waals surface area contributed by atoms with Gasteiger partial charge in [-0.1, -0.05) is 42.5 Å². The summed E-state index contributed by atoms with van der Waals surface area (Å²) in [4.78, 5) is 10.8. The molecule has 0 saturated heterocycles. The highest BCUT2D eigenvalue weighted by atomic mass is 16.5. The highest BCUT2D eigenvalue weighted by molar-refractivity contribution is 5.73. The van der Waals surface area contributed by atoms with E-state index in [1.54, 1.807) is 0 Å². The lowest BCUT2D eigenvalue weighted by Gasteiger charge is -2.06. The fraction of sp³-hybridized carbons (Fsp3) is 0.238. The van der Waals surface area contributed by atoms with Gasteiger partial charge in [0.15, 0.2) is 0 Å². The Balaban J connectivity index is 1.36. The molecule has 2 aromatic carbocycles. The lowest BCUT2D eigenvalue weighted by Crippen LogP contribution is -2.06. The van der Waals surface area contributed by atoms with Crippen LogP contribution >= 0.6 is 0 Å². The van der Waals surface area contributed by atoms with E-state index in [1.165, 1.54) is 5.56 Å². The fourth-order valence-corrected chi connectivity index (χ4v) is 3.05. The molecule has 26 heavy (non-hydrogen) atoms. The van der Waals surface area contributed by atoms with Gasteiger partial charge in [0.05, 0.1) is 25.3 Å². The second-order valence-corrected chi connectivity index (χ2v) is 6.69. The number of carbonyl (C=O) groups is 1. The molecule has 132 valence electrons. The predicted octanol–water partition coefficient (Wildman–Crippen LogP) is 3.70. The zero-order valence-corrected chi connectivity index (χ0v) is 14.3. The molecule has 5 nitrogen and oxygen atoms in total. The van der Waals surface area contributed by atoms with Gasteiger partial charge in [-0.15, -0.1) is 0 Å². The maximum atomic E-state index is 10.8. The molecule has 4 rings (SSSR count). The molecule has 0 spiro atoms. The number of carboxylic acid groups (broad SMARTS) is 1. The van der Waals surface area contributed by atoms with Crippen LogP contribution < -0.4 is 4.74 Å². The van der Waals surface area contributed by atoms with Crippen LogP contribution in [0.15, 0.2) is 67.0 Å². The topological polar surface area (TPSA) is 64.3 Å². The second-order valence-electron chi connectivity index (χ2n) is 6.69. The standard InChI is InChI=1S/C21H20N2O3/c24-21(25)20-10-17(20)14-26-19-8-6-16(7-9-19)18-11-22-23(13-18)12-15-4-2-1-3-5-15/h1-9,11,13,17,20H,10,12,14H2,(H,24,25)/t17-,20+/m0/s1. The first-order valence-electron chi connectivity index (χ1n) is 8.71. The second kappa shape index (κ2) is 7.04. The average Bonchev–Trinajstić information content (AvgIpc) is 3.31. The summed E-state index contributed by atoms with van der Waals surface area (Å²) < 4.78 is 7.63. The zero-order chi connectivity index (χ0) is 17.9. The van der Waals surface area contributed by atoms with Crippen LogP contribution in [0.2, 0.25) is 0 Å². The van der Waals surface area contributed by atoms with Gasteiger partial charge in [-0.2, -0.15) is 5.10 Å². The third-order valence-electron chi connectivity index (χ3n) is 4.71. The monoisotopic (exact) mass is 348 g/mol. The van der Waals surface area contributed by atoms with Gasteiger partial charge in [-0.3, -0.25) is 9.48 Å². The summed E-state index contributed by atoms with van der Waals surface area (Å²) in [6.07, 6.45) is 4.61. The fourth-order valence-electron chi connectivity index (χ4n) is 3.05. The number of hydrogen-bond acceptors (Lipinski definition) is 3. The molecule has 0 aliphatic heterocycles. The van der Waals surface area contributed by atoms with Crippen LogP contribution in [0.4, 0.5) is 0 Å². The van der Waals surface area contributed by atoms with Gasteiger partial charge < -0.3 is 9.84 Å². The van der Waals surface area contributed by atoms with Crippen molar-refractivity contribution in [3.05, 3.63) is 72.6 Å². The summed E-state index contributed by atoms with van der Waals surface area (Å²) in [5.41, 5.74) is 3.35. The minimum atomic E-state index is -0.721. The van der Waals surface area contributed by atoms with E-state index < -0.39 is 5.97 Å². The minimum Gasteiger partial charge on any atom is -0.493 e. The first-order valence-corrected chi connectivity index (χ1v) is 8.71. The van der Waals surface area contributed by atoms with Gasteiger partial charge in [0.25, 0.3) is 0 Å². The largest absolute Gasteiger partial charge is 0.493 e. The Morgan fingerprint density at radius 2 is 1.88 bits per heavy atom. The van der Waals surface area contributed by atoms with E-state index in [0.717, 1.165) is 23.4 Å². The van der Waals surface area contributed by atoms with Gasteiger partial charge in [0.1, 0.15) is 5.75 Å². The van der Waals surface area contributed by atoms with Crippen molar-refractivity contribution in [2.75, 3.05) is 6.61 Å². The van der Waals surface area contributed by atoms with Crippen LogP contribution in [0.1, 0.15) is 12.0 Å². The molecule has 2 atom stereocenters. The molecular weight excluding hydrogens is 328 g/mol. The summed E-state index contributed by atoms with van der Waals surface area (Å²) in [6.45, 7) is 1.21. The van der Waals surface area contributed by atoms with Crippen molar-refractivity contribution >= 4 is 5.97 Å². The number of rotatable bonds is 7. The van der Waals surface area contributed by atoms with Gasteiger partial charge in [-0.05, 0) is 29.7 Å². The quantitative estimate of drug-likeness (QED) is 0.707. The molecule has 0 unspecified atom stereocenters. The predicted molar refractivity (Wildman–Crippen MR) is 97.9 cm³/mol. The molecule has 1 N–H and O–H groups in total. The minimum absolute atomic E-state index is 0.142. The third-order valence-corrected chi connectivity index (χ3v) is 4.71. The van der Waals surface area contributed by atoms with E-state index in [2.05, 4.69) is 17.2 Å². The molecule has 0 radical (unpaired) electrons. The molecule has 1 aliphatic rings. The number of benzene rings is 2. The van der Waals surface area contributed by atoms with Crippen molar-refractivity contribution < 1.29 is 14.6 Å². The maximum Gasteiger partial charge on any atom is 0.306 e. The number of nitrogens with zero attached hydrogens (tertiary/aromatic N) is 2. The van der Waals surface area contributed by atoms with Crippen molar-refractivity contribution in [1.29, 1.82) is 0 Å². The normalized spacial score (nSPS) is 18.5. The van der Waals surface area contributed by atoms with Crippen molar-refractivity contribution in [3.8, 4) is 16.9 Å². The van der Waals surface area contributed by atoms with Crippen LogP contribution in [-0.2, 0) is 11.3 Å². The number of hydrogen-bond donors (Lipinski definition) is 1. The lowest BCUT2D eigenvalue weighted by molar-refractivity contribution is -0.138. The summed E-state index contributed by atoms with van der Waals surface area (Å²) >= 11 is 0. The lowest BCUT2D eigenvalue weighted by atomic mass is 10.1. The van der Waals surface area contributed by atoms with E-state index in [9.17, 15) is 4.79 Å². The molecule has 1 aromatic heterocycles. The van der Waals surface area contributed by atoms with Gasteiger partial charge in [0, 0.05) is 17.7 Å². The SMILES string of the molecule is O=C(O)[C@@H]1C[C@H]1COc1ccc(-c2cnn(Cc3ccccc3)c2)cc1. The smallest absolute Gasteiger partial charge is 0.306 e. The van der Waals surface area contributed by atoms with Crippen LogP contribution in [-0.4, -0.2) is 27.5 Å². The highest BCUT2D eigenvalue weighted by Crippen LogP contribution is 2.38. The first-order chi connectivity index (χ1) is 12.7. The van der Waals surface area contributed by atoms with Crippen molar-refractivity contribution in [3.63, 3.8) is 0 Å². The number of aromatic nitrogens is 2. The first kappa shape index (κ1) is 16.4. The molecule has 1 fully saturated rings. The number of aliphatic carboxylic acids is 1. The van der Waals surface area contributed by atoms with E-state index in [4.69, 9.17) is 9.84 Å². The van der Waals surface area contributed by atoms with Crippen molar-refractivity contribution in [2.24, 2.45) is 11.8 Å². The molecule has 5 heteroatoms. The van der Waals surface area contributed by atoms with Crippen molar-refractivity contribution in [2.45, 2.75) is 13.0 Å². The maximum absolute atomic E-state index is 10.8. The third kappa shape index (κ3) is 3.77. The Kier molecular flexibility index (Phi) is 4.44. The Hall–Kier alpha value is -3.08. The number of carboxylic acids is 1. The van der Waals surface area contributed by atoms with Crippen molar-refractivity contribution in [1.82, 2.24) is 9.78 Å². The zero-order valence-electron chi connectivity index (χ0n) is 14.3. The van der Waals surface area contributed by atoms with Gasteiger partial charge in [0.2, 0.25) is 0 Å². The molecule has 0 bridgehead atoms. The molecule has 1 heterocycles. The molecule has 3 aromatic rings. The van der Waals surface area contributed by atoms with Gasteiger partial charge in [-0.25, -0.2) is 0 Å². The Morgan fingerprint density at radius 1 is 1.12 bits per heavy atom.